The SMILES string of the molecule is Cc1cccc(CN2CCN(C(=O)C34CC5CC(C3)CC(n3cnc(Cl)n3)(C5)C4)CC2)c1. The Morgan fingerprint density at radius 3 is 2.53 bits per heavy atom. The van der Waals surface area contributed by atoms with Gasteiger partial charge in [-0.2, -0.15) is 0 Å². The summed E-state index contributed by atoms with van der Waals surface area (Å²) in [5.41, 5.74) is 2.37. The van der Waals surface area contributed by atoms with Gasteiger partial charge in [0, 0.05) is 32.7 Å². The van der Waals surface area contributed by atoms with Crippen molar-refractivity contribution in [3.05, 3.63) is 47.0 Å². The van der Waals surface area contributed by atoms with Crippen LogP contribution in [0.4, 0.5) is 0 Å². The highest BCUT2D eigenvalue weighted by atomic mass is 35.5. The van der Waals surface area contributed by atoms with Crippen molar-refractivity contribution in [3.8, 4) is 0 Å². The second kappa shape index (κ2) is 7.56. The number of hydrogen-bond acceptors (Lipinski definition) is 4. The second-order valence-electron chi connectivity index (χ2n) is 11.0. The standard InChI is InChI=1S/C25H32ClN5O/c1-18-3-2-4-19(9-18)15-29-5-7-30(8-6-29)22(32)24-11-20-10-21(12-24)14-25(13-20,16-24)31-17-27-23(26)28-31/h2-4,9,17,20-21H,5-8,10-16H2,1H3. The Balaban J connectivity index is 1.17. The third-order valence-electron chi connectivity index (χ3n) is 8.58. The van der Waals surface area contributed by atoms with E-state index in [2.05, 4.69) is 51.1 Å². The molecule has 4 saturated carbocycles. The normalized spacial score (nSPS) is 34.2. The molecular formula is C25H32ClN5O. The Kier molecular flexibility index (Phi) is 4.88. The van der Waals surface area contributed by atoms with Crippen LogP contribution in [-0.2, 0) is 16.9 Å². The third-order valence-corrected chi connectivity index (χ3v) is 8.76. The van der Waals surface area contributed by atoms with Gasteiger partial charge in [0.15, 0.2) is 0 Å². The van der Waals surface area contributed by atoms with Gasteiger partial charge in [-0.05, 0) is 74.4 Å². The van der Waals surface area contributed by atoms with Crippen LogP contribution < -0.4 is 0 Å². The van der Waals surface area contributed by atoms with Crippen molar-refractivity contribution in [2.45, 2.75) is 57.5 Å². The van der Waals surface area contributed by atoms with E-state index in [1.54, 1.807) is 6.33 Å². The molecule has 2 atom stereocenters. The molecule has 2 aromatic rings. The highest BCUT2D eigenvalue weighted by Gasteiger charge is 2.62. The number of rotatable bonds is 4. The molecule has 0 radical (unpaired) electrons. The maximum Gasteiger partial charge on any atom is 0.242 e. The number of halogens is 1. The first-order valence-corrected chi connectivity index (χ1v) is 12.5. The van der Waals surface area contributed by atoms with E-state index in [4.69, 9.17) is 11.6 Å². The maximum atomic E-state index is 14.0. The summed E-state index contributed by atoms with van der Waals surface area (Å²) in [6, 6.07) is 8.75. The van der Waals surface area contributed by atoms with Crippen molar-refractivity contribution < 1.29 is 4.79 Å². The first-order valence-electron chi connectivity index (χ1n) is 12.1. The molecule has 32 heavy (non-hydrogen) atoms. The molecular weight excluding hydrogens is 422 g/mol. The molecule has 6 nitrogen and oxygen atoms in total. The van der Waals surface area contributed by atoms with Crippen LogP contribution in [0.25, 0.3) is 0 Å². The quantitative estimate of drug-likeness (QED) is 0.705. The molecule has 4 aliphatic carbocycles. The molecule has 1 aromatic carbocycles. The van der Waals surface area contributed by atoms with Gasteiger partial charge in [-0.3, -0.25) is 9.69 Å². The van der Waals surface area contributed by atoms with Gasteiger partial charge >= 0.3 is 0 Å². The van der Waals surface area contributed by atoms with E-state index in [0.717, 1.165) is 64.8 Å². The van der Waals surface area contributed by atoms with E-state index in [1.807, 2.05) is 4.68 Å². The van der Waals surface area contributed by atoms with Crippen LogP contribution in [0, 0.1) is 24.2 Å². The van der Waals surface area contributed by atoms with Crippen LogP contribution >= 0.6 is 11.6 Å². The topological polar surface area (TPSA) is 54.3 Å². The molecule has 1 saturated heterocycles. The lowest BCUT2D eigenvalue weighted by Crippen LogP contribution is -2.62. The number of amides is 1. The zero-order valence-electron chi connectivity index (χ0n) is 18.8. The zero-order chi connectivity index (χ0) is 21.9. The lowest BCUT2D eigenvalue weighted by atomic mass is 9.46. The van der Waals surface area contributed by atoms with Gasteiger partial charge in [-0.15, -0.1) is 5.10 Å². The predicted octanol–water partition coefficient (Wildman–Crippen LogP) is 3.88. The van der Waals surface area contributed by atoms with Crippen molar-refractivity contribution in [2.75, 3.05) is 26.2 Å². The molecule has 0 spiro atoms. The van der Waals surface area contributed by atoms with Gasteiger partial charge in [0.2, 0.25) is 11.2 Å². The first kappa shape index (κ1) is 20.7. The molecule has 5 aliphatic rings. The second-order valence-corrected chi connectivity index (χ2v) is 11.3. The fourth-order valence-electron chi connectivity index (χ4n) is 7.72. The number of aromatic nitrogens is 3. The van der Waals surface area contributed by atoms with E-state index >= 15 is 0 Å². The molecule has 0 N–H and O–H groups in total. The van der Waals surface area contributed by atoms with E-state index in [0.29, 0.717) is 23.0 Å². The Morgan fingerprint density at radius 1 is 1.12 bits per heavy atom. The van der Waals surface area contributed by atoms with Gasteiger partial charge in [-0.1, -0.05) is 29.8 Å². The fourth-order valence-corrected chi connectivity index (χ4v) is 7.84. The third kappa shape index (κ3) is 3.47. The predicted molar refractivity (Wildman–Crippen MR) is 123 cm³/mol. The Hall–Kier alpha value is -1.92. The van der Waals surface area contributed by atoms with Crippen LogP contribution in [-0.4, -0.2) is 56.7 Å². The number of nitrogens with zero attached hydrogens (tertiary/aromatic N) is 5. The summed E-state index contributed by atoms with van der Waals surface area (Å²) in [6.07, 6.45) is 8.28. The number of benzene rings is 1. The number of aryl methyl sites for hydroxylation is 1. The number of carbonyl (C=O) groups is 1. The lowest BCUT2D eigenvalue weighted by molar-refractivity contribution is -0.168. The molecule has 4 bridgehead atoms. The number of carbonyl (C=O) groups excluding carboxylic acids is 1. The van der Waals surface area contributed by atoms with Crippen LogP contribution in [0.1, 0.15) is 49.7 Å². The average molecular weight is 454 g/mol. The first-order chi connectivity index (χ1) is 15.4. The summed E-state index contributed by atoms with van der Waals surface area (Å²) >= 11 is 6.08. The Labute approximate surface area is 194 Å². The van der Waals surface area contributed by atoms with Crippen LogP contribution in [0.3, 0.4) is 0 Å². The van der Waals surface area contributed by atoms with Gasteiger partial charge < -0.3 is 4.90 Å². The summed E-state index contributed by atoms with van der Waals surface area (Å²) in [5.74, 6) is 1.63. The van der Waals surface area contributed by atoms with Crippen molar-refractivity contribution in [1.82, 2.24) is 24.6 Å². The maximum absolute atomic E-state index is 14.0. The highest BCUT2D eigenvalue weighted by molar-refractivity contribution is 6.28. The van der Waals surface area contributed by atoms with Crippen molar-refractivity contribution >= 4 is 17.5 Å². The molecule has 7 heteroatoms. The minimum atomic E-state index is -0.221. The Bertz CT molecular complexity index is 1010. The van der Waals surface area contributed by atoms with Crippen LogP contribution in [0.2, 0.25) is 5.28 Å². The van der Waals surface area contributed by atoms with Crippen LogP contribution in [0.5, 0.6) is 0 Å². The summed E-state index contributed by atoms with van der Waals surface area (Å²) in [4.78, 5) is 22.8. The molecule has 2 heterocycles. The summed E-state index contributed by atoms with van der Waals surface area (Å²) < 4.78 is 2.01. The highest BCUT2D eigenvalue weighted by Crippen LogP contribution is 2.64. The molecule has 1 aliphatic heterocycles. The van der Waals surface area contributed by atoms with E-state index < -0.39 is 0 Å². The molecule has 1 aromatic heterocycles. The summed E-state index contributed by atoms with van der Waals surface area (Å²) in [6.45, 7) is 6.69. The summed E-state index contributed by atoms with van der Waals surface area (Å²) in [7, 11) is 0. The molecule has 1 amide bonds. The van der Waals surface area contributed by atoms with Gasteiger partial charge in [0.05, 0.1) is 11.0 Å². The van der Waals surface area contributed by atoms with Gasteiger partial charge in [0.25, 0.3) is 0 Å². The zero-order valence-corrected chi connectivity index (χ0v) is 19.6. The molecule has 7 rings (SSSR count). The van der Waals surface area contributed by atoms with E-state index in [-0.39, 0.29) is 11.0 Å². The lowest BCUT2D eigenvalue weighted by Gasteiger charge is -2.61. The largest absolute Gasteiger partial charge is 0.340 e. The number of hydrogen-bond donors (Lipinski definition) is 0. The average Bonchev–Trinajstić information content (AvgIpc) is 3.20. The van der Waals surface area contributed by atoms with Crippen molar-refractivity contribution in [1.29, 1.82) is 0 Å². The number of piperazine rings is 1. The van der Waals surface area contributed by atoms with Crippen molar-refractivity contribution in [2.24, 2.45) is 17.3 Å². The summed E-state index contributed by atoms with van der Waals surface area (Å²) in [5, 5.41) is 4.81. The van der Waals surface area contributed by atoms with Gasteiger partial charge in [0.1, 0.15) is 6.33 Å². The van der Waals surface area contributed by atoms with Gasteiger partial charge in [-0.25, -0.2) is 9.67 Å². The smallest absolute Gasteiger partial charge is 0.242 e. The van der Waals surface area contributed by atoms with Crippen molar-refractivity contribution in [3.63, 3.8) is 0 Å². The fraction of sp³-hybridized carbons (Fsp3) is 0.640. The van der Waals surface area contributed by atoms with E-state index in [9.17, 15) is 4.79 Å². The molecule has 2 unspecified atom stereocenters. The Morgan fingerprint density at radius 2 is 1.88 bits per heavy atom. The monoisotopic (exact) mass is 453 g/mol. The molecule has 170 valence electrons. The van der Waals surface area contributed by atoms with E-state index in [1.165, 1.54) is 17.5 Å². The van der Waals surface area contributed by atoms with Crippen LogP contribution in [0.15, 0.2) is 30.6 Å². The molecule has 5 fully saturated rings. The minimum absolute atomic E-state index is 0.0765. The minimum Gasteiger partial charge on any atom is -0.340 e.